The molecule has 1 saturated heterocycles. The summed E-state index contributed by atoms with van der Waals surface area (Å²) in [6.07, 6.45) is 2.70. The van der Waals surface area contributed by atoms with E-state index >= 15 is 0 Å². The molecule has 0 unspecified atom stereocenters. The molecule has 0 aromatic carbocycles. The molecular formula is C19H23N6OS2+. The van der Waals surface area contributed by atoms with Gasteiger partial charge in [-0.15, -0.1) is 21.5 Å². The molecule has 0 atom stereocenters. The molecule has 1 N–H and O–H groups in total. The van der Waals surface area contributed by atoms with E-state index in [1.165, 1.54) is 16.6 Å². The van der Waals surface area contributed by atoms with Gasteiger partial charge in [0.2, 0.25) is 5.91 Å². The number of hydrogen-bond donors (Lipinski definition) is 0. The summed E-state index contributed by atoms with van der Waals surface area (Å²) in [4.78, 5) is 21.3. The summed E-state index contributed by atoms with van der Waals surface area (Å²) in [5.41, 5.74) is 0. The smallest absolute Gasteiger partial charge is 0.274 e. The van der Waals surface area contributed by atoms with Gasteiger partial charge in [0.05, 0.1) is 25.0 Å². The van der Waals surface area contributed by atoms with E-state index in [2.05, 4.69) is 37.6 Å². The maximum atomic E-state index is 12.6. The van der Waals surface area contributed by atoms with Crippen molar-refractivity contribution in [1.29, 1.82) is 0 Å². The van der Waals surface area contributed by atoms with Crippen LogP contribution in [0.1, 0.15) is 10.7 Å². The van der Waals surface area contributed by atoms with Crippen LogP contribution in [0.3, 0.4) is 0 Å². The van der Waals surface area contributed by atoms with Crippen LogP contribution in [-0.4, -0.2) is 57.5 Å². The lowest BCUT2D eigenvalue weighted by Crippen LogP contribution is -2.50. The molecule has 28 heavy (non-hydrogen) atoms. The van der Waals surface area contributed by atoms with Crippen molar-refractivity contribution in [3.63, 3.8) is 0 Å². The van der Waals surface area contributed by atoms with Gasteiger partial charge in [-0.1, -0.05) is 23.9 Å². The largest absolute Gasteiger partial charge is 0.334 e. The number of thiophene rings is 1. The summed E-state index contributed by atoms with van der Waals surface area (Å²) in [6.45, 7) is 3.16. The number of carbonyl (C=O) groups excluding carboxylic acids is 1. The van der Waals surface area contributed by atoms with Crippen molar-refractivity contribution in [3.05, 3.63) is 52.6 Å². The predicted octanol–water partition coefficient (Wildman–Crippen LogP) is 1.72. The first-order chi connectivity index (χ1) is 13.7. The van der Waals surface area contributed by atoms with Crippen LogP contribution in [0.5, 0.6) is 0 Å². The number of pyridine rings is 1. The van der Waals surface area contributed by atoms with Crippen LogP contribution in [-0.2, 0) is 18.3 Å². The molecule has 146 valence electrons. The van der Waals surface area contributed by atoms with Crippen LogP contribution in [0.25, 0.3) is 0 Å². The van der Waals surface area contributed by atoms with Crippen LogP contribution in [0.4, 0.5) is 5.82 Å². The highest BCUT2D eigenvalue weighted by Gasteiger charge is 2.26. The Morgan fingerprint density at radius 3 is 2.75 bits per heavy atom. The van der Waals surface area contributed by atoms with Crippen molar-refractivity contribution in [1.82, 2.24) is 19.7 Å². The number of aromatic amines is 1. The Hall–Kier alpha value is -2.39. The van der Waals surface area contributed by atoms with Gasteiger partial charge in [-0.25, -0.2) is 4.98 Å². The zero-order chi connectivity index (χ0) is 19.3. The molecule has 3 aromatic heterocycles. The summed E-state index contributed by atoms with van der Waals surface area (Å²) in [7, 11) is 1.96. The van der Waals surface area contributed by atoms with Gasteiger partial charge in [-0.05, 0) is 17.5 Å². The SMILES string of the molecule is Cn1c(Cc2cccs2)nnc1SCC(=O)N1CCN(c2cccc[nH+]2)CC1. The van der Waals surface area contributed by atoms with Gasteiger partial charge in [0.25, 0.3) is 5.82 Å². The molecular weight excluding hydrogens is 392 g/mol. The monoisotopic (exact) mass is 415 g/mol. The van der Waals surface area contributed by atoms with Gasteiger partial charge in [0, 0.05) is 24.4 Å². The molecule has 9 heteroatoms. The number of nitrogens with one attached hydrogen (secondary N) is 1. The summed E-state index contributed by atoms with van der Waals surface area (Å²) in [5.74, 6) is 2.57. The third-order valence-electron chi connectivity index (χ3n) is 4.83. The predicted molar refractivity (Wildman–Crippen MR) is 111 cm³/mol. The number of hydrogen-bond acceptors (Lipinski definition) is 6. The fourth-order valence-corrected chi connectivity index (χ4v) is 4.72. The summed E-state index contributed by atoms with van der Waals surface area (Å²) < 4.78 is 1.99. The number of nitrogens with zero attached hydrogens (tertiary/aromatic N) is 5. The number of anilines is 1. The van der Waals surface area contributed by atoms with E-state index in [0.717, 1.165) is 49.4 Å². The molecule has 0 radical (unpaired) electrons. The van der Waals surface area contributed by atoms with E-state index in [9.17, 15) is 4.79 Å². The highest BCUT2D eigenvalue weighted by atomic mass is 32.2. The van der Waals surface area contributed by atoms with E-state index in [4.69, 9.17) is 0 Å². The van der Waals surface area contributed by atoms with Crippen molar-refractivity contribution < 1.29 is 9.78 Å². The Morgan fingerprint density at radius 1 is 1.18 bits per heavy atom. The van der Waals surface area contributed by atoms with E-state index in [1.54, 1.807) is 11.3 Å². The zero-order valence-electron chi connectivity index (χ0n) is 15.7. The summed E-state index contributed by atoms with van der Waals surface area (Å²) >= 11 is 3.18. The van der Waals surface area contributed by atoms with E-state index in [0.29, 0.717) is 5.75 Å². The quantitative estimate of drug-likeness (QED) is 0.574. The number of rotatable bonds is 6. The zero-order valence-corrected chi connectivity index (χ0v) is 17.4. The fraction of sp³-hybridized carbons (Fsp3) is 0.368. The van der Waals surface area contributed by atoms with Gasteiger partial charge in [-0.3, -0.25) is 9.69 Å². The third kappa shape index (κ3) is 4.36. The molecule has 1 aliphatic heterocycles. The Balaban J connectivity index is 1.28. The molecule has 4 heterocycles. The van der Waals surface area contributed by atoms with E-state index in [-0.39, 0.29) is 5.91 Å². The number of carbonyl (C=O) groups is 1. The Morgan fingerprint density at radius 2 is 2.04 bits per heavy atom. The second-order valence-electron chi connectivity index (χ2n) is 6.62. The van der Waals surface area contributed by atoms with E-state index in [1.807, 2.05) is 40.9 Å². The van der Waals surface area contributed by atoms with Crippen LogP contribution in [0, 0.1) is 0 Å². The molecule has 7 nitrogen and oxygen atoms in total. The Kier molecular flexibility index (Phi) is 5.92. The number of amides is 1. The van der Waals surface area contributed by atoms with E-state index < -0.39 is 0 Å². The summed E-state index contributed by atoms with van der Waals surface area (Å²) in [5, 5.41) is 11.4. The molecule has 1 amide bonds. The van der Waals surface area contributed by atoms with Crippen LogP contribution < -0.4 is 9.88 Å². The number of thioether (sulfide) groups is 1. The molecule has 3 aromatic rings. The van der Waals surface area contributed by atoms with Gasteiger partial charge in [-0.2, -0.15) is 0 Å². The van der Waals surface area contributed by atoms with Gasteiger partial charge in [0.1, 0.15) is 18.9 Å². The second-order valence-corrected chi connectivity index (χ2v) is 8.59. The molecule has 0 bridgehead atoms. The Labute approximate surface area is 172 Å². The number of aromatic nitrogens is 4. The Bertz CT molecular complexity index is 904. The molecule has 0 saturated carbocycles. The topological polar surface area (TPSA) is 68.4 Å². The van der Waals surface area contributed by atoms with Crippen molar-refractivity contribution in [2.24, 2.45) is 7.05 Å². The molecule has 4 rings (SSSR count). The average molecular weight is 416 g/mol. The van der Waals surface area contributed by atoms with Crippen molar-refractivity contribution in [3.8, 4) is 0 Å². The molecule has 0 spiro atoms. The van der Waals surface area contributed by atoms with Crippen LogP contribution in [0.2, 0.25) is 0 Å². The minimum Gasteiger partial charge on any atom is -0.334 e. The first kappa shape index (κ1) is 18.9. The lowest BCUT2D eigenvalue weighted by molar-refractivity contribution is -0.364. The average Bonchev–Trinajstić information content (AvgIpc) is 3.38. The highest BCUT2D eigenvalue weighted by molar-refractivity contribution is 7.99. The first-order valence-corrected chi connectivity index (χ1v) is 11.1. The second kappa shape index (κ2) is 8.74. The molecule has 0 aliphatic carbocycles. The van der Waals surface area contributed by atoms with Crippen LogP contribution >= 0.6 is 23.1 Å². The number of H-pyrrole nitrogens is 1. The number of piperazine rings is 1. The lowest BCUT2D eigenvalue weighted by Gasteiger charge is -2.30. The maximum Gasteiger partial charge on any atom is 0.274 e. The van der Waals surface area contributed by atoms with Crippen molar-refractivity contribution in [2.45, 2.75) is 11.6 Å². The minimum absolute atomic E-state index is 0.157. The van der Waals surface area contributed by atoms with Gasteiger partial charge >= 0.3 is 0 Å². The first-order valence-electron chi connectivity index (χ1n) is 9.23. The standard InChI is InChI=1S/C19H22N6OS2/c1-23-17(13-15-5-4-12-27-15)21-22-19(23)28-14-18(26)25-10-8-24(9-11-25)16-6-2-3-7-20-16/h2-7,12H,8-11,13-14H2,1H3/p+1. The van der Waals surface area contributed by atoms with Crippen molar-refractivity contribution in [2.75, 3.05) is 36.8 Å². The van der Waals surface area contributed by atoms with Gasteiger partial charge in [0.15, 0.2) is 5.16 Å². The third-order valence-corrected chi connectivity index (χ3v) is 6.71. The maximum absolute atomic E-state index is 12.6. The lowest BCUT2D eigenvalue weighted by atomic mass is 10.3. The van der Waals surface area contributed by atoms with Crippen molar-refractivity contribution >= 4 is 34.8 Å². The molecule has 1 aliphatic rings. The minimum atomic E-state index is 0.157. The fourth-order valence-electron chi connectivity index (χ4n) is 3.19. The highest BCUT2D eigenvalue weighted by Crippen LogP contribution is 2.20. The normalized spacial score (nSPS) is 14.5. The molecule has 1 fully saturated rings. The van der Waals surface area contributed by atoms with Crippen LogP contribution in [0.15, 0.2) is 47.1 Å². The van der Waals surface area contributed by atoms with Gasteiger partial charge < -0.3 is 9.47 Å². The summed E-state index contributed by atoms with van der Waals surface area (Å²) in [6, 6.07) is 10.2.